The van der Waals surface area contributed by atoms with Gasteiger partial charge in [0.05, 0.1) is 0 Å². The van der Waals surface area contributed by atoms with E-state index in [-0.39, 0.29) is 5.54 Å². The summed E-state index contributed by atoms with van der Waals surface area (Å²) in [7, 11) is 0. The molecule has 0 spiro atoms. The number of hydrogen-bond donors (Lipinski definition) is 1. The number of thiophene rings is 1. The molecular formula is C16H28N2S. The molecule has 1 aliphatic carbocycles. The highest BCUT2D eigenvalue weighted by Gasteiger charge is 2.28. The lowest BCUT2D eigenvalue weighted by atomic mass is 10.1. The molecule has 0 aromatic carbocycles. The van der Waals surface area contributed by atoms with Gasteiger partial charge in [0.2, 0.25) is 0 Å². The van der Waals surface area contributed by atoms with Crippen molar-refractivity contribution in [3.05, 3.63) is 22.4 Å². The maximum absolute atomic E-state index is 3.57. The lowest BCUT2D eigenvalue weighted by Crippen LogP contribution is -2.36. The number of nitrogens with one attached hydrogen (secondary N) is 1. The van der Waals surface area contributed by atoms with Crippen LogP contribution < -0.4 is 5.32 Å². The summed E-state index contributed by atoms with van der Waals surface area (Å²) in [6.45, 7) is 10.3. The summed E-state index contributed by atoms with van der Waals surface area (Å²) in [6.07, 6.45) is 5.41. The van der Waals surface area contributed by atoms with Crippen molar-refractivity contribution in [3.63, 3.8) is 0 Å². The Labute approximate surface area is 122 Å². The van der Waals surface area contributed by atoms with E-state index in [0.717, 1.165) is 19.1 Å². The highest BCUT2D eigenvalue weighted by molar-refractivity contribution is 7.09. The van der Waals surface area contributed by atoms with Crippen molar-refractivity contribution in [2.75, 3.05) is 13.1 Å². The van der Waals surface area contributed by atoms with E-state index in [0.29, 0.717) is 0 Å². The van der Waals surface area contributed by atoms with Gasteiger partial charge in [-0.3, -0.25) is 4.90 Å². The first-order valence-electron chi connectivity index (χ1n) is 7.56. The van der Waals surface area contributed by atoms with E-state index in [1.807, 2.05) is 11.3 Å². The second kappa shape index (κ2) is 6.87. The summed E-state index contributed by atoms with van der Waals surface area (Å²) >= 11 is 1.89. The van der Waals surface area contributed by atoms with Gasteiger partial charge in [-0.2, -0.15) is 0 Å². The van der Waals surface area contributed by atoms with Gasteiger partial charge in [-0.05, 0) is 71.0 Å². The SMILES string of the molecule is CC(C)(C)NCCCCN(Cc1cccs1)C1CC1. The number of hydrogen-bond acceptors (Lipinski definition) is 3. The van der Waals surface area contributed by atoms with Gasteiger partial charge in [0, 0.05) is 23.0 Å². The molecule has 0 amide bonds. The van der Waals surface area contributed by atoms with Crippen LogP contribution in [-0.2, 0) is 6.54 Å². The van der Waals surface area contributed by atoms with Gasteiger partial charge in [-0.25, -0.2) is 0 Å². The van der Waals surface area contributed by atoms with Crippen molar-refractivity contribution in [1.29, 1.82) is 0 Å². The molecule has 108 valence electrons. The normalized spacial score (nSPS) is 16.2. The van der Waals surface area contributed by atoms with Crippen LogP contribution in [0.25, 0.3) is 0 Å². The maximum Gasteiger partial charge on any atom is 0.0330 e. The highest BCUT2D eigenvalue weighted by atomic mass is 32.1. The van der Waals surface area contributed by atoms with E-state index in [4.69, 9.17) is 0 Å². The van der Waals surface area contributed by atoms with Crippen LogP contribution >= 0.6 is 11.3 Å². The van der Waals surface area contributed by atoms with Gasteiger partial charge in [0.15, 0.2) is 0 Å². The monoisotopic (exact) mass is 280 g/mol. The van der Waals surface area contributed by atoms with Gasteiger partial charge in [-0.15, -0.1) is 11.3 Å². The van der Waals surface area contributed by atoms with Gasteiger partial charge < -0.3 is 5.32 Å². The van der Waals surface area contributed by atoms with Crippen molar-refractivity contribution >= 4 is 11.3 Å². The first-order valence-corrected chi connectivity index (χ1v) is 8.44. The Bertz CT molecular complexity index is 349. The largest absolute Gasteiger partial charge is 0.312 e. The Hall–Kier alpha value is -0.380. The van der Waals surface area contributed by atoms with Crippen molar-refractivity contribution in [2.24, 2.45) is 0 Å². The third-order valence-electron chi connectivity index (χ3n) is 3.53. The Morgan fingerprint density at radius 3 is 2.68 bits per heavy atom. The molecule has 1 saturated carbocycles. The third-order valence-corrected chi connectivity index (χ3v) is 4.39. The van der Waals surface area contributed by atoms with Crippen molar-refractivity contribution in [3.8, 4) is 0 Å². The molecule has 0 bridgehead atoms. The molecule has 3 heteroatoms. The molecule has 2 nitrogen and oxygen atoms in total. The smallest absolute Gasteiger partial charge is 0.0330 e. The fourth-order valence-corrected chi connectivity index (χ4v) is 3.07. The summed E-state index contributed by atoms with van der Waals surface area (Å²) in [5.41, 5.74) is 0.257. The molecule has 0 unspecified atom stereocenters. The number of rotatable bonds is 8. The van der Waals surface area contributed by atoms with Gasteiger partial charge >= 0.3 is 0 Å². The molecule has 0 saturated heterocycles. The summed E-state index contributed by atoms with van der Waals surface area (Å²) in [5.74, 6) is 0. The number of nitrogens with zero attached hydrogens (tertiary/aromatic N) is 1. The molecular weight excluding hydrogens is 252 g/mol. The van der Waals surface area contributed by atoms with E-state index in [1.165, 1.54) is 37.1 Å². The minimum Gasteiger partial charge on any atom is -0.312 e. The minimum atomic E-state index is 0.257. The highest BCUT2D eigenvalue weighted by Crippen LogP contribution is 2.29. The van der Waals surface area contributed by atoms with Crippen LogP contribution in [0.15, 0.2) is 17.5 Å². The zero-order chi connectivity index (χ0) is 13.7. The van der Waals surface area contributed by atoms with E-state index in [9.17, 15) is 0 Å². The van der Waals surface area contributed by atoms with Crippen LogP contribution in [0.2, 0.25) is 0 Å². The van der Waals surface area contributed by atoms with Crippen LogP contribution in [0.3, 0.4) is 0 Å². The summed E-state index contributed by atoms with van der Waals surface area (Å²) in [4.78, 5) is 4.20. The van der Waals surface area contributed by atoms with E-state index in [1.54, 1.807) is 0 Å². The molecule has 1 heterocycles. The molecule has 19 heavy (non-hydrogen) atoms. The van der Waals surface area contributed by atoms with Gasteiger partial charge in [-0.1, -0.05) is 6.07 Å². The quantitative estimate of drug-likeness (QED) is 0.727. The van der Waals surface area contributed by atoms with E-state index < -0.39 is 0 Å². The summed E-state index contributed by atoms with van der Waals surface area (Å²) < 4.78 is 0. The molecule has 0 atom stereocenters. The van der Waals surface area contributed by atoms with Crippen molar-refractivity contribution in [2.45, 2.75) is 64.6 Å². The number of unbranched alkanes of at least 4 members (excludes halogenated alkanes) is 1. The Balaban J connectivity index is 1.64. The third kappa shape index (κ3) is 6.07. The second-order valence-corrected chi connectivity index (χ2v) is 7.70. The predicted molar refractivity (Wildman–Crippen MR) is 84.7 cm³/mol. The van der Waals surface area contributed by atoms with E-state index >= 15 is 0 Å². The van der Waals surface area contributed by atoms with Crippen molar-refractivity contribution in [1.82, 2.24) is 10.2 Å². The van der Waals surface area contributed by atoms with E-state index in [2.05, 4.69) is 48.5 Å². The summed E-state index contributed by atoms with van der Waals surface area (Å²) in [5, 5.41) is 5.76. The fraction of sp³-hybridized carbons (Fsp3) is 0.750. The lowest BCUT2D eigenvalue weighted by Gasteiger charge is -2.23. The second-order valence-electron chi connectivity index (χ2n) is 6.66. The Morgan fingerprint density at radius 1 is 1.32 bits per heavy atom. The van der Waals surface area contributed by atoms with Crippen LogP contribution in [0.4, 0.5) is 0 Å². The first-order chi connectivity index (χ1) is 9.04. The maximum atomic E-state index is 3.57. The zero-order valence-electron chi connectivity index (χ0n) is 12.6. The van der Waals surface area contributed by atoms with Crippen molar-refractivity contribution < 1.29 is 0 Å². The standard InChI is InChI=1S/C16H28N2S/c1-16(2,3)17-10-4-5-11-18(14-8-9-14)13-15-7-6-12-19-15/h6-7,12,14,17H,4-5,8-11,13H2,1-3H3. The molecule has 0 aliphatic heterocycles. The average molecular weight is 280 g/mol. The molecule has 2 rings (SSSR count). The minimum absolute atomic E-state index is 0.257. The predicted octanol–water partition coefficient (Wildman–Crippen LogP) is 3.88. The Morgan fingerprint density at radius 2 is 2.11 bits per heavy atom. The van der Waals surface area contributed by atoms with Crippen LogP contribution in [-0.4, -0.2) is 29.6 Å². The lowest BCUT2D eigenvalue weighted by molar-refractivity contribution is 0.249. The molecule has 1 aromatic rings. The topological polar surface area (TPSA) is 15.3 Å². The van der Waals surface area contributed by atoms with Crippen LogP contribution in [0, 0.1) is 0 Å². The zero-order valence-corrected chi connectivity index (χ0v) is 13.4. The summed E-state index contributed by atoms with van der Waals surface area (Å²) in [6, 6.07) is 5.30. The molecule has 1 aromatic heterocycles. The van der Waals surface area contributed by atoms with Gasteiger partial charge in [0.25, 0.3) is 0 Å². The van der Waals surface area contributed by atoms with Gasteiger partial charge in [0.1, 0.15) is 0 Å². The first kappa shape index (κ1) is 15.0. The fourth-order valence-electron chi connectivity index (χ4n) is 2.34. The molecule has 1 N–H and O–H groups in total. The molecule has 1 aliphatic rings. The molecule has 1 fully saturated rings. The average Bonchev–Trinajstić information content (AvgIpc) is 3.04. The van der Waals surface area contributed by atoms with Crippen LogP contribution in [0.1, 0.15) is 51.3 Å². The van der Waals surface area contributed by atoms with Crippen LogP contribution in [0.5, 0.6) is 0 Å². The molecule has 0 radical (unpaired) electrons. The Kier molecular flexibility index (Phi) is 5.43.